The number of nitrogens with zero attached hydrogens (tertiary/aromatic N) is 1. The van der Waals surface area contributed by atoms with Crippen LogP contribution in [0.15, 0.2) is 54.6 Å². The monoisotopic (exact) mass is 399 g/mol. The highest BCUT2D eigenvalue weighted by atomic mass is 16.5. The molecule has 0 heterocycles. The van der Waals surface area contributed by atoms with E-state index in [-0.39, 0.29) is 6.61 Å². The summed E-state index contributed by atoms with van der Waals surface area (Å²) in [4.78, 5) is 15.3. The van der Waals surface area contributed by atoms with Crippen LogP contribution >= 0.6 is 0 Å². The van der Waals surface area contributed by atoms with E-state index in [9.17, 15) is 9.90 Å². The summed E-state index contributed by atoms with van der Waals surface area (Å²) in [6, 6.07) is 15.9. The minimum absolute atomic E-state index is 0.266. The fourth-order valence-corrected chi connectivity index (χ4v) is 3.19. The molecular weight excluding hydrogens is 366 g/mol. The SMILES string of the molecule is CCCOc1ccc([C@@](O)(C(=O)OCCCN(CC)CC)c2ccccc2)cc1. The second kappa shape index (κ2) is 11.6. The van der Waals surface area contributed by atoms with Crippen molar-refractivity contribution in [1.82, 2.24) is 4.90 Å². The molecule has 0 aliphatic rings. The van der Waals surface area contributed by atoms with Gasteiger partial charge in [-0.1, -0.05) is 63.2 Å². The van der Waals surface area contributed by atoms with Gasteiger partial charge in [-0.05, 0) is 49.2 Å². The summed E-state index contributed by atoms with van der Waals surface area (Å²) >= 11 is 0. The molecule has 0 spiro atoms. The molecule has 2 aromatic rings. The Morgan fingerprint density at radius 2 is 1.55 bits per heavy atom. The number of hydrogen-bond donors (Lipinski definition) is 1. The topological polar surface area (TPSA) is 59.0 Å². The first kappa shape index (κ1) is 22.9. The van der Waals surface area contributed by atoms with Crippen molar-refractivity contribution in [2.75, 3.05) is 32.8 Å². The van der Waals surface area contributed by atoms with E-state index in [0.717, 1.165) is 32.5 Å². The Bertz CT molecular complexity index is 728. The number of carbonyl (C=O) groups is 1. The second-order valence-electron chi connectivity index (χ2n) is 6.97. The second-order valence-corrected chi connectivity index (χ2v) is 6.97. The standard InChI is InChI=1S/C24H33NO4/c1-4-18-28-22-15-13-21(14-16-22)24(27,20-11-8-7-9-12-20)23(26)29-19-10-17-25(5-2)6-3/h7-9,11-16,27H,4-6,10,17-19H2,1-3H3/t24-/m1/s1. The molecule has 0 saturated carbocycles. The first-order valence-corrected chi connectivity index (χ1v) is 10.5. The molecule has 0 fully saturated rings. The molecule has 0 aliphatic heterocycles. The summed E-state index contributed by atoms with van der Waals surface area (Å²) < 4.78 is 11.1. The lowest BCUT2D eigenvalue weighted by Crippen LogP contribution is -2.39. The summed E-state index contributed by atoms with van der Waals surface area (Å²) in [7, 11) is 0. The zero-order valence-electron chi connectivity index (χ0n) is 17.8. The van der Waals surface area contributed by atoms with E-state index < -0.39 is 11.6 Å². The first-order valence-electron chi connectivity index (χ1n) is 10.5. The largest absolute Gasteiger partial charge is 0.494 e. The van der Waals surface area contributed by atoms with Gasteiger partial charge in [0.15, 0.2) is 0 Å². The van der Waals surface area contributed by atoms with Gasteiger partial charge in [-0.15, -0.1) is 0 Å². The van der Waals surface area contributed by atoms with Crippen LogP contribution < -0.4 is 4.74 Å². The quantitative estimate of drug-likeness (QED) is 0.432. The van der Waals surface area contributed by atoms with Crippen LogP contribution in [-0.4, -0.2) is 48.8 Å². The molecule has 0 aliphatic carbocycles. The Hall–Kier alpha value is -2.37. The molecule has 5 heteroatoms. The molecule has 158 valence electrons. The van der Waals surface area contributed by atoms with E-state index in [1.54, 1.807) is 48.5 Å². The van der Waals surface area contributed by atoms with Gasteiger partial charge in [-0.25, -0.2) is 4.79 Å². The number of aliphatic hydroxyl groups is 1. The van der Waals surface area contributed by atoms with Crippen LogP contribution in [0, 0.1) is 0 Å². The van der Waals surface area contributed by atoms with Crippen molar-refractivity contribution in [3.8, 4) is 5.75 Å². The van der Waals surface area contributed by atoms with Gasteiger partial charge in [0.05, 0.1) is 13.2 Å². The first-order chi connectivity index (χ1) is 14.1. The van der Waals surface area contributed by atoms with Crippen LogP contribution in [0.25, 0.3) is 0 Å². The van der Waals surface area contributed by atoms with E-state index >= 15 is 0 Å². The summed E-state index contributed by atoms with van der Waals surface area (Å²) in [6.45, 7) is 9.93. The van der Waals surface area contributed by atoms with Crippen LogP contribution in [0.5, 0.6) is 5.75 Å². The Morgan fingerprint density at radius 3 is 2.14 bits per heavy atom. The van der Waals surface area contributed by atoms with Crippen LogP contribution in [0.1, 0.15) is 44.7 Å². The third-order valence-corrected chi connectivity index (χ3v) is 4.98. The fourth-order valence-electron chi connectivity index (χ4n) is 3.19. The van der Waals surface area contributed by atoms with Gasteiger partial charge in [-0.2, -0.15) is 0 Å². The van der Waals surface area contributed by atoms with E-state index in [4.69, 9.17) is 9.47 Å². The van der Waals surface area contributed by atoms with Crippen molar-refractivity contribution in [1.29, 1.82) is 0 Å². The van der Waals surface area contributed by atoms with Gasteiger partial charge >= 0.3 is 5.97 Å². The summed E-state index contributed by atoms with van der Waals surface area (Å²) in [5.41, 5.74) is -0.919. The average molecular weight is 400 g/mol. The van der Waals surface area contributed by atoms with E-state index in [1.807, 2.05) is 13.0 Å². The number of carbonyl (C=O) groups excluding carboxylic acids is 1. The lowest BCUT2D eigenvalue weighted by Gasteiger charge is -2.27. The lowest BCUT2D eigenvalue weighted by atomic mass is 9.86. The van der Waals surface area contributed by atoms with Crippen LogP contribution in [0.2, 0.25) is 0 Å². The Balaban J connectivity index is 2.17. The van der Waals surface area contributed by atoms with E-state index in [2.05, 4.69) is 18.7 Å². The van der Waals surface area contributed by atoms with E-state index in [1.165, 1.54) is 0 Å². The molecule has 0 radical (unpaired) electrons. The van der Waals surface area contributed by atoms with Gasteiger partial charge in [0.1, 0.15) is 5.75 Å². The van der Waals surface area contributed by atoms with Gasteiger partial charge in [-0.3, -0.25) is 0 Å². The average Bonchev–Trinajstić information content (AvgIpc) is 2.78. The normalized spacial score (nSPS) is 13.1. The molecule has 29 heavy (non-hydrogen) atoms. The molecule has 5 nitrogen and oxygen atoms in total. The maximum Gasteiger partial charge on any atom is 0.347 e. The maximum atomic E-state index is 13.0. The summed E-state index contributed by atoms with van der Waals surface area (Å²) in [5, 5.41) is 11.5. The Kier molecular flexibility index (Phi) is 9.16. The van der Waals surface area contributed by atoms with Crippen molar-refractivity contribution in [2.45, 2.75) is 39.2 Å². The molecule has 2 aromatic carbocycles. The highest BCUT2D eigenvalue weighted by Gasteiger charge is 2.41. The van der Waals surface area contributed by atoms with Gasteiger partial charge in [0.25, 0.3) is 0 Å². The minimum Gasteiger partial charge on any atom is -0.494 e. The molecule has 0 aromatic heterocycles. The molecular formula is C24H33NO4. The van der Waals surface area contributed by atoms with Crippen LogP contribution in [0.4, 0.5) is 0 Å². The predicted octanol–water partition coefficient (Wildman–Crippen LogP) is 3.99. The number of benzene rings is 2. The van der Waals surface area contributed by atoms with Gasteiger partial charge in [0.2, 0.25) is 5.60 Å². The molecule has 0 bridgehead atoms. The van der Waals surface area contributed by atoms with Crippen molar-refractivity contribution in [2.24, 2.45) is 0 Å². The number of esters is 1. The third-order valence-electron chi connectivity index (χ3n) is 4.98. The third kappa shape index (κ3) is 6.05. The smallest absolute Gasteiger partial charge is 0.347 e. The molecule has 0 amide bonds. The molecule has 1 N–H and O–H groups in total. The van der Waals surface area contributed by atoms with E-state index in [0.29, 0.717) is 23.5 Å². The van der Waals surface area contributed by atoms with Crippen molar-refractivity contribution >= 4 is 5.97 Å². The maximum absolute atomic E-state index is 13.0. The van der Waals surface area contributed by atoms with Crippen LogP contribution in [0.3, 0.4) is 0 Å². The van der Waals surface area contributed by atoms with Gasteiger partial charge < -0.3 is 19.5 Å². The van der Waals surface area contributed by atoms with Crippen molar-refractivity contribution in [3.63, 3.8) is 0 Å². The Morgan fingerprint density at radius 1 is 0.931 bits per heavy atom. The number of ether oxygens (including phenoxy) is 2. The Labute approximate surface area is 174 Å². The van der Waals surface area contributed by atoms with Crippen molar-refractivity contribution < 1.29 is 19.4 Å². The summed E-state index contributed by atoms with van der Waals surface area (Å²) in [5.74, 6) is 0.0454. The molecule has 0 unspecified atom stereocenters. The highest BCUT2D eigenvalue weighted by Crippen LogP contribution is 2.32. The lowest BCUT2D eigenvalue weighted by molar-refractivity contribution is -0.162. The highest BCUT2D eigenvalue weighted by molar-refractivity contribution is 5.85. The number of rotatable bonds is 12. The minimum atomic E-state index is -1.86. The fraction of sp³-hybridized carbons (Fsp3) is 0.458. The van der Waals surface area contributed by atoms with Gasteiger partial charge in [0, 0.05) is 6.54 Å². The molecule has 1 atom stereocenters. The molecule has 0 saturated heterocycles. The van der Waals surface area contributed by atoms with Crippen LogP contribution in [-0.2, 0) is 15.1 Å². The molecule has 2 rings (SSSR count). The zero-order valence-corrected chi connectivity index (χ0v) is 17.8. The zero-order chi connectivity index (χ0) is 21.1. The predicted molar refractivity (Wildman–Crippen MR) is 115 cm³/mol. The summed E-state index contributed by atoms with van der Waals surface area (Å²) in [6.07, 6.45) is 1.64. The number of hydrogen-bond acceptors (Lipinski definition) is 5. The van der Waals surface area contributed by atoms with Crippen molar-refractivity contribution in [3.05, 3.63) is 65.7 Å².